The van der Waals surface area contributed by atoms with Gasteiger partial charge in [0.2, 0.25) is 0 Å². The molecule has 3 nitrogen and oxygen atoms in total. The SMILES string of the molecule is c1ccc(-c2cc(-c3ccccc3)cc(-c3cccc(-c4cccc(-c5ccc(-c6nc(-c7ccccc7)nc(-c7ccccc7)n6)cc5)c4)c3)c2)cc1. The molecule has 0 aliphatic heterocycles. The third-order valence-corrected chi connectivity index (χ3v) is 9.71. The maximum atomic E-state index is 4.91. The van der Waals surface area contributed by atoms with Crippen LogP contribution in [0.5, 0.6) is 0 Å². The molecule has 0 saturated heterocycles. The number of hydrogen-bond donors (Lipinski definition) is 0. The third-order valence-electron chi connectivity index (χ3n) is 9.71. The van der Waals surface area contributed by atoms with E-state index in [0.29, 0.717) is 17.5 Å². The van der Waals surface area contributed by atoms with E-state index in [1.807, 2.05) is 60.7 Å². The molecule has 0 amide bonds. The van der Waals surface area contributed by atoms with E-state index in [1.165, 1.54) is 44.5 Å². The summed E-state index contributed by atoms with van der Waals surface area (Å²) in [4.78, 5) is 14.7. The molecule has 9 aromatic rings. The summed E-state index contributed by atoms with van der Waals surface area (Å²) in [5.41, 5.74) is 14.6. The van der Waals surface area contributed by atoms with Crippen LogP contribution in [-0.2, 0) is 0 Å². The molecule has 1 heterocycles. The highest BCUT2D eigenvalue weighted by molar-refractivity contribution is 5.83. The van der Waals surface area contributed by atoms with E-state index in [4.69, 9.17) is 15.0 Å². The maximum absolute atomic E-state index is 4.91. The van der Waals surface area contributed by atoms with Gasteiger partial charge in [-0.1, -0.05) is 182 Å². The summed E-state index contributed by atoms with van der Waals surface area (Å²) >= 11 is 0. The number of aromatic nitrogens is 3. The van der Waals surface area contributed by atoms with Gasteiger partial charge in [0, 0.05) is 16.7 Å². The van der Waals surface area contributed by atoms with Crippen molar-refractivity contribution < 1.29 is 0 Å². The van der Waals surface area contributed by atoms with Crippen LogP contribution >= 0.6 is 0 Å². The maximum Gasteiger partial charge on any atom is 0.164 e. The van der Waals surface area contributed by atoms with Gasteiger partial charge in [0.25, 0.3) is 0 Å². The lowest BCUT2D eigenvalue weighted by Crippen LogP contribution is -2.00. The van der Waals surface area contributed by atoms with Crippen LogP contribution < -0.4 is 0 Å². The fourth-order valence-corrected chi connectivity index (χ4v) is 6.89. The molecule has 0 N–H and O–H groups in total. The van der Waals surface area contributed by atoms with Crippen molar-refractivity contribution in [2.45, 2.75) is 0 Å². The van der Waals surface area contributed by atoms with Crippen molar-refractivity contribution in [3.63, 3.8) is 0 Å². The van der Waals surface area contributed by atoms with Crippen LogP contribution in [0, 0.1) is 0 Å². The quantitative estimate of drug-likeness (QED) is 0.159. The van der Waals surface area contributed by atoms with Gasteiger partial charge < -0.3 is 0 Å². The largest absolute Gasteiger partial charge is 0.208 e. The standard InChI is InChI=1S/C51H35N3/c1-5-15-36(16-6-1)46-33-47(37-17-7-2-8-18-37)35-48(34-46)45-26-14-25-44(32-45)43-24-13-23-42(31-43)38-27-29-41(30-28-38)51-53-49(39-19-9-3-10-20-39)52-50(54-51)40-21-11-4-12-22-40/h1-35H. The summed E-state index contributed by atoms with van der Waals surface area (Å²) < 4.78 is 0. The minimum absolute atomic E-state index is 0.645. The first-order valence-corrected chi connectivity index (χ1v) is 18.2. The highest BCUT2D eigenvalue weighted by Gasteiger charge is 2.13. The monoisotopic (exact) mass is 689 g/mol. The second kappa shape index (κ2) is 14.8. The fourth-order valence-electron chi connectivity index (χ4n) is 6.89. The van der Waals surface area contributed by atoms with Gasteiger partial charge in [0.15, 0.2) is 17.5 Å². The Balaban J connectivity index is 1.04. The first-order valence-electron chi connectivity index (χ1n) is 18.2. The molecule has 0 fully saturated rings. The molecule has 8 aromatic carbocycles. The minimum atomic E-state index is 0.645. The van der Waals surface area contributed by atoms with Crippen LogP contribution in [-0.4, -0.2) is 15.0 Å². The Hall–Kier alpha value is -7.23. The van der Waals surface area contributed by atoms with Crippen molar-refractivity contribution in [3.05, 3.63) is 212 Å². The van der Waals surface area contributed by atoms with Gasteiger partial charge in [-0.15, -0.1) is 0 Å². The van der Waals surface area contributed by atoms with Gasteiger partial charge in [0.1, 0.15) is 0 Å². The fraction of sp³-hybridized carbons (Fsp3) is 0. The average Bonchev–Trinajstić information content (AvgIpc) is 3.27. The summed E-state index contributed by atoms with van der Waals surface area (Å²) in [6, 6.07) is 74.4. The predicted molar refractivity (Wildman–Crippen MR) is 223 cm³/mol. The molecule has 0 spiro atoms. The highest BCUT2D eigenvalue weighted by atomic mass is 15.0. The van der Waals surface area contributed by atoms with Crippen molar-refractivity contribution in [2.75, 3.05) is 0 Å². The molecule has 0 unspecified atom stereocenters. The van der Waals surface area contributed by atoms with Crippen LogP contribution in [0.4, 0.5) is 0 Å². The van der Waals surface area contributed by atoms with Crippen molar-refractivity contribution in [1.29, 1.82) is 0 Å². The van der Waals surface area contributed by atoms with E-state index in [0.717, 1.165) is 27.8 Å². The van der Waals surface area contributed by atoms with Gasteiger partial charge in [-0.2, -0.15) is 0 Å². The van der Waals surface area contributed by atoms with E-state index in [-0.39, 0.29) is 0 Å². The van der Waals surface area contributed by atoms with Gasteiger partial charge in [0.05, 0.1) is 0 Å². The molecule has 0 aliphatic rings. The average molecular weight is 690 g/mol. The summed E-state index contributed by atoms with van der Waals surface area (Å²) in [7, 11) is 0. The van der Waals surface area contributed by atoms with Gasteiger partial charge in [-0.25, -0.2) is 15.0 Å². The zero-order chi connectivity index (χ0) is 36.1. The Morgan fingerprint density at radius 2 is 0.389 bits per heavy atom. The smallest absolute Gasteiger partial charge is 0.164 e. The second-order valence-corrected chi connectivity index (χ2v) is 13.3. The highest BCUT2D eigenvalue weighted by Crippen LogP contribution is 2.35. The molecule has 254 valence electrons. The lowest BCUT2D eigenvalue weighted by molar-refractivity contribution is 1.07. The molecule has 0 atom stereocenters. The van der Waals surface area contributed by atoms with E-state index in [1.54, 1.807) is 0 Å². The second-order valence-electron chi connectivity index (χ2n) is 13.3. The first kappa shape index (κ1) is 32.7. The van der Waals surface area contributed by atoms with Crippen LogP contribution in [0.25, 0.3) is 89.8 Å². The van der Waals surface area contributed by atoms with Crippen molar-refractivity contribution >= 4 is 0 Å². The predicted octanol–water partition coefficient (Wildman–Crippen LogP) is 13.2. The first-order chi connectivity index (χ1) is 26.7. The summed E-state index contributed by atoms with van der Waals surface area (Å²) in [5.74, 6) is 1.95. The molecule has 0 saturated carbocycles. The molecule has 3 heteroatoms. The third kappa shape index (κ3) is 6.99. The zero-order valence-corrected chi connectivity index (χ0v) is 29.5. The van der Waals surface area contributed by atoms with Gasteiger partial charge in [-0.05, 0) is 86.0 Å². The number of benzene rings is 8. The summed E-state index contributed by atoms with van der Waals surface area (Å²) in [5, 5.41) is 0. The Bertz CT molecular complexity index is 2560. The lowest BCUT2D eigenvalue weighted by atomic mass is 9.92. The summed E-state index contributed by atoms with van der Waals surface area (Å²) in [6.45, 7) is 0. The van der Waals surface area contributed by atoms with E-state index in [9.17, 15) is 0 Å². The molecule has 54 heavy (non-hydrogen) atoms. The molecule has 9 rings (SSSR count). The molecular formula is C51H35N3. The Morgan fingerprint density at radius 1 is 0.167 bits per heavy atom. The van der Waals surface area contributed by atoms with Crippen LogP contribution in [0.15, 0.2) is 212 Å². The number of hydrogen-bond acceptors (Lipinski definition) is 3. The Kier molecular flexibility index (Phi) is 8.94. The molecule has 0 radical (unpaired) electrons. The van der Waals surface area contributed by atoms with Crippen LogP contribution in [0.1, 0.15) is 0 Å². The Labute approximate surface area is 316 Å². The lowest BCUT2D eigenvalue weighted by Gasteiger charge is -2.13. The number of rotatable bonds is 8. The van der Waals surface area contributed by atoms with Gasteiger partial charge >= 0.3 is 0 Å². The summed E-state index contributed by atoms with van der Waals surface area (Å²) in [6.07, 6.45) is 0. The van der Waals surface area contributed by atoms with E-state index in [2.05, 4.69) is 152 Å². The van der Waals surface area contributed by atoms with Crippen molar-refractivity contribution in [2.24, 2.45) is 0 Å². The molecule has 0 bridgehead atoms. The van der Waals surface area contributed by atoms with E-state index >= 15 is 0 Å². The Morgan fingerprint density at radius 3 is 0.778 bits per heavy atom. The molecular weight excluding hydrogens is 655 g/mol. The van der Waals surface area contributed by atoms with Crippen LogP contribution in [0.2, 0.25) is 0 Å². The normalized spacial score (nSPS) is 11.0. The van der Waals surface area contributed by atoms with Crippen molar-refractivity contribution in [3.8, 4) is 89.8 Å². The minimum Gasteiger partial charge on any atom is -0.208 e. The molecule has 1 aromatic heterocycles. The topological polar surface area (TPSA) is 38.7 Å². The van der Waals surface area contributed by atoms with Crippen LogP contribution in [0.3, 0.4) is 0 Å². The number of nitrogens with zero attached hydrogens (tertiary/aromatic N) is 3. The molecule has 0 aliphatic carbocycles. The van der Waals surface area contributed by atoms with E-state index < -0.39 is 0 Å². The van der Waals surface area contributed by atoms with Gasteiger partial charge in [-0.3, -0.25) is 0 Å². The van der Waals surface area contributed by atoms with Crippen molar-refractivity contribution in [1.82, 2.24) is 15.0 Å². The zero-order valence-electron chi connectivity index (χ0n) is 29.5.